The summed E-state index contributed by atoms with van der Waals surface area (Å²) in [5.41, 5.74) is 2.83. The Balaban J connectivity index is 1.78. The molecule has 0 aliphatic rings. The summed E-state index contributed by atoms with van der Waals surface area (Å²) >= 11 is 0. The Morgan fingerprint density at radius 2 is 1.88 bits per heavy atom. The minimum absolute atomic E-state index is 0.0199. The van der Waals surface area contributed by atoms with Gasteiger partial charge in [0.1, 0.15) is 12.1 Å². The first-order valence-electron chi connectivity index (χ1n) is 11.1. The first-order valence-corrected chi connectivity index (χ1v) is 11.1. The molecule has 1 heterocycles. The van der Waals surface area contributed by atoms with Crippen LogP contribution in [0, 0.1) is 0 Å². The van der Waals surface area contributed by atoms with Crippen LogP contribution in [-0.4, -0.2) is 61.7 Å². The smallest absolute Gasteiger partial charge is 0.216 e. The summed E-state index contributed by atoms with van der Waals surface area (Å²) in [5.74, 6) is 2.22. The highest BCUT2D eigenvalue weighted by Crippen LogP contribution is 2.35. The monoisotopic (exact) mass is 451 g/mol. The van der Waals surface area contributed by atoms with Gasteiger partial charge in [-0.3, -0.25) is 4.79 Å². The van der Waals surface area contributed by atoms with Crippen molar-refractivity contribution in [3.05, 3.63) is 48.3 Å². The minimum Gasteiger partial charge on any atom is -0.493 e. The third kappa shape index (κ3) is 6.79. The van der Waals surface area contributed by atoms with Crippen molar-refractivity contribution in [3.8, 4) is 11.5 Å². The predicted octanol–water partition coefficient (Wildman–Crippen LogP) is 3.95. The van der Waals surface area contributed by atoms with E-state index in [0.717, 1.165) is 35.1 Å². The van der Waals surface area contributed by atoms with E-state index in [9.17, 15) is 4.79 Å². The molecule has 0 radical (unpaired) electrons. The van der Waals surface area contributed by atoms with Crippen molar-refractivity contribution in [2.45, 2.75) is 26.2 Å². The fourth-order valence-electron chi connectivity index (χ4n) is 3.45. The summed E-state index contributed by atoms with van der Waals surface area (Å²) in [6.45, 7) is 5.77. The molecule has 0 unspecified atom stereocenters. The molecular weight excluding hydrogens is 418 g/mol. The topological polar surface area (TPSA) is 88.6 Å². The molecule has 2 aromatic carbocycles. The number of fused-ring (bicyclic) bond motifs is 1. The molecule has 0 aliphatic heterocycles. The molecule has 0 spiro atoms. The average Bonchev–Trinajstić information content (AvgIpc) is 2.80. The van der Waals surface area contributed by atoms with Crippen molar-refractivity contribution in [3.63, 3.8) is 0 Å². The number of carbonyl (C=O) groups is 1. The van der Waals surface area contributed by atoms with Crippen LogP contribution >= 0.6 is 0 Å². The van der Waals surface area contributed by atoms with Gasteiger partial charge in [-0.1, -0.05) is 19.1 Å². The number of hydrogen-bond donors (Lipinski definition) is 2. The lowest BCUT2D eigenvalue weighted by Crippen LogP contribution is -2.24. The molecule has 0 saturated carbocycles. The second kappa shape index (κ2) is 11.5. The third-order valence-electron chi connectivity index (χ3n) is 5.33. The Hall–Kier alpha value is -3.39. The van der Waals surface area contributed by atoms with Crippen LogP contribution in [-0.2, 0) is 4.79 Å². The number of methoxy groups -OCH3 is 1. The van der Waals surface area contributed by atoms with Crippen LogP contribution in [0.3, 0.4) is 0 Å². The zero-order valence-corrected chi connectivity index (χ0v) is 20.0. The van der Waals surface area contributed by atoms with Crippen molar-refractivity contribution in [1.29, 1.82) is 0 Å². The SMILES string of the molecule is COc1cc2ncnc(Nc3ccc([C@@H](C)CNC(C)=O)cc3)c2cc1OCCCN(C)C. The third-order valence-corrected chi connectivity index (χ3v) is 5.33. The minimum atomic E-state index is -0.0199. The Morgan fingerprint density at radius 3 is 2.55 bits per heavy atom. The summed E-state index contributed by atoms with van der Waals surface area (Å²) in [5, 5.41) is 7.10. The lowest BCUT2D eigenvalue weighted by molar-refractivity contribution is -0.119. The molecule has 176 valence electrons. The van der Waals surface area contributed by atoms with Crippen LogP contribution in [0.1, 0.15) is 31.7 Å². The maximum Gasteiger partial charge on any atom is 0.216 e. The van der Waals surface area contributed by atoms with Crippen LogP contribution < -0.4 is 20.1 Å². The van der Waals surface area contributed by atoms with Gasteiger partial charge in [-0.05, 0) is 50.2 Å². The number of nitrogens with one attached hydrogen (secondary N) is 2. The van der Waals surface area contributed by atoms with Crippen molar-refractivity contribution >= 4 is 28.3 Å². The van der Waals surface area contributed by atoms with Crippen molar-refractivity contribution < 1.29 is 14.3 Å². The van der Waals surface area contributed by atoms with Gasteiger partial charge in [-0.2, -0.15) is 0 Å². The normalized spacial score (nSPS) is 11.9. The molecule has 0 aliphatic carbocycles. The van der Waals surface area contributed by atoms with Gasteiger partial charge in [0.05, 0.1) is 19.2 Å². The molecule has 8 nitrogen and oxygen atoms in total. The van der Waals surface area contributed by atoms with Crippen LogP contribution in [0.5, 0.6) is 11.5 Å². The Morgan fingerprint density at radius 1 is 1.12 bits per heavy atom. The predicted molar refractivity (Wildman–Crippen MR) is 132 cm³/mol. The molecule has 33 heavy (non-hydrogen) atoms. The van der Waals surface area contributed by atoms with E-state index in [1.807, 2.05) is 38.4 Å². The first-order chi connectivity index (χ1) is 15.9. The zero-order valence-electron chi connectivity index (χ0n) is 20.0. The van der Waals surface area contributed by atoms with E-state index in [2.05, 4.69) is 44.6 Å². The fraction of sp³-hybridized carbons (Fsp3) is 0.400. The van der Waals surface area contributed by atoms with Gasteiger partial charge >= 0.3 is 0 Å². The van der Waals surface area contributed by atoms with E-state index in [4.69, 9.17) is 9.47 Å². The molecule has 0 saturated heterocycles. The lowest BCUT2D eigenvalue weighted by atomic mass is 10.0. The maximum atomic E-state index is 11.2. The number of rotatable bonds is 11. The van der Waals surface area contributed by atoms with E-state index in [-0.39, 0.29) is 11.8 Å². The molecule has 3 rings (SSSR count). The molecule has 1 atom stereocenters. The number of anilines is 2. The molecule has 1 aromatic heterocycles. The Bertz CT molecular complexity index is 1070. The number of nitrogens with zero attached hydrogens (tertiary/aromatic N) is 3. The number of ether oxygens (including phenoxy) is 2. The molecule has 3 aromatic rings. The summed E-state index contributed by atoms with van der Waals surface area (Å²) < 4.78 is 11.5. The van der Waals surface area contributed by atoms with E-state index < -0.39 is 0 Å². The van der Waals surface area contributed by atoms with E-state index in [0.29, 0.717) is 30.5 Å². The second-order valence-corrected chi connectivity index (χ2v) is 8.33. The Kier molecular flexibility index (Phi) is 8.43. The number of carbonyl (C=O) groups excluding carboxylic acids is 1. The highest BCUT2D eigenvalue weighted by Gasteiger charge is 2.13. The summed E-state index contributed by atoms with van der Waals surface area (Å²) in [6, 6.07) is 11.9. The average molecular weight is 452 g/mol. The number of amides is 1. The van der Waals surface area contributed by atoms with E-state index >= 15 is 0 Å². The van der Waals surface area contributed by atoms with Gasteiger partial charge < -0.3 is 25.0 Å². The van der Waals surface area contributed by atoms with Crippen molar-refractivity contribution in [1.82, 2.24) is 20.2 Å². The van der Waals surface area contributed by atoms with Crippen molar-refractivity contribution in [2.75, 3.05) is 46.2 Å². The van der Waals surface area contributed by atoms with Crippen LogP contribution in [0.15, 0.2) is 42.7 Å². The molecule has 2 N–H and O–H groups in total. The lowest BCUT2D eigenvalue weighted by Gasteiger charge is -2.15. The van der Waals surface area contributed by atoms with Gasteiger partial charge in [0.25, 0.3) is 0 Å². The zero-order chi connectivity index (χ0) is 23.8. The summed E-state index contributed by atoms with van der Waals surface area (Å²) in [7, 11) is 5.72. The highest BCUT2D eigenvalue weighted by atomic mass is 16.5. The van der Waals surface area contributed by atoms with E-state index in [1.54, 1.807) is 7.11 Å². The van der Waals surface area contributed by atoms with Gasteiger partial charge in [-0.25, -0.2) is 9.97 Å². The first kappa shape index (κ1) is 24.3. The maximum absolute atomic E-state index is 11.2. The molecule has 8 heteroatoms. The van der Waals surface area contributed by atoms with Gasteiger partial charge in [0, 0.05) is 37.2 Å². The number of aromatic nitrogens is 2. The molecule has 0 fully saturated rings. The highest BCUT2D eigenvalue weighted by molar-refractivity contribution is 5.93. The standard InChI is InChI=1S/C25H33N5O3/c1-17(15-26-18(2)31)19-7-9-20(10-8-19)29-25-21-13-24(33-12-6-11-30(3)4)23(32-5)14-22(21)27-16-28-25/h7-10,13-14,16-17H,6,11-12,15H2,1-5H3,(H,26,31)(H,27,28,29)/t17-/m0/s1. The summed E-state index contributed by atoms with van der Waals surface area (Å²) in [4.78, 5) is 22.1. The van der Waals surface area contributed by atoms with Crippen LogP contribution in [0.4, 0.5) is 11.5 Å². The van der Waals surface area contributed by atoms with E-state index in [1.165, 1.54) is 13.3 Å². The second-order valence-electron chi connectivity index (χ2n) is 8.33. The number of benzene rings is 2. The number of hydrogen-bond acceptors (Lipinski definition) is 7. The fourth-order valence-corrected chi connectivity index (χ4v) is 3.45. The quantitative estimate of drug-likeness (QED) is 0.427. The van der Waals surface area contributed by atoms with Crippen molar-refractivity contribution in [2.24, 2.45) is 0 Å². The van der Waals surface area contributed by atoms with Gasteiger partial charge in [-0.15, -0.1) is 0 Å². The van der Waals surface area contributed by atoms with Crippen LogP contribution in [0.2, 0.25) is 0 Å². The molecule has 0 bridgehead atoms. The molecular formula is C25H33N5O3. The molecule has 1 amide bonds. The van der Waals surface area contributed by atoms with Crippen LogP contribution in [0.25, 0.3) is 10.9 Å². The Labute approximate surface area is 195 Å². The summed E-state index contributed by atoms with van der Waals surface area (Å²) in [6.07, 6.45) is 2.45. The largest absolute Gasteiger partial charge is 0.493 e. The van der Waals surface area contributed by atoms with Gasteiger partial charge in [0.2, 0.25) is 5.91 Å². The van der Waals surface area contributed by atoms with Gasteiger partial charge in [0.15, 0.2) is 11.5 Å².